The lowest BCUT2D eigenvalue weighted by atomic mass is 10.0. The fraction of sp³-hybridized carbons (Fsp3) is 0.437. The molecule has 6 fully saturated rings. The van der Waals surface area contributed by atoms with Gasteiger partial charge >= 0.3 is 6.18 Å². The maximum absolute atomic E-state index is 14.6. The Kier molecular flexibility index (Phi) is 23.4. The third-order valence-electron chi connectivity index (χ3n) is 18.1. The highest BCUT2D eigenvalue weighted by atomic mass is 19.4. The van der Waals surface area contributed by atoms with Gasteiger partial charge in [-0.2, -0.15) is 13.2 Å². The lowest BCUT2D eigenvalue weighted by Crippen LogP contribution is -2.50. The van der Waals surface area contributed by atoms with Crippen molar-refractivity contribution in [2.75, 3.05) is 75.2 Å². The molecule has 96 heavy (non-hydrogen) atoms. The second kappa shape index (κ2) is 32.0. The van der Waals surface area contributed by atoms with Crippen molar-refractivity contribution in [3.05, 3.63) is 138 Å². The molecule has 3 aliphatic carbocycles. The van der Waals surface area contributed by atoms with Crippen molar-refractivity contribution in [2.24, 2.45) is 40.4 Å². The summed E-state index contributed by atoms with van der Waals surface area (Å²) in [6.45, 7) is 1.78. The van der Waals surface area contributed by atoms with Crippen molar-refractivity contribution in [1.82, 2.24) is 14.8 Å². The van der Waals surface area contributed by atoms with Gasteiger partial charge < -0.3 is 72.1 Å². The van der Waals surface area contributed by atoms with Crippen LogP contribution < -0.4 is 47.4 Å². The number of hydrogen-bond acceptors (Lipinski definition) is 15. The van der Waals surface area contributed by atoms with E-state index >= 15 is 0 Å². The number of likely N-dealkylation sites (tertiary alicyclic amines) is 2. The average molecular weight is 1330 g/mol. The number of amides is 5. The number of nitrogens with two attached hydrogens (primary N) is 3. The van der Waals surface area contributed by atoms with Crippen LogP contribution in [-0.2, 0) is 48.3 Å². The molecule has 0 spiro atoms. The Bertz CT molecular complexity index is 3710. The number of nitrogens with zero attached hydrogens (tertiary/aromatic N) is 3. The molecule has 6 aromatic rings. The Labute approximate surface area is 553 Å². The third kappa shape index (κ3) is 18.3. The Morgan fingerprint density at radius 2 is 1.09 bits per heavy atom. The number of anilines is 3. The molecule has 5 amide bonds. The molecule has 6 aliphatic rings. The topological polar surface area (TPSA) is 296 Å². The summed E-state index contributed by atoms with van der Waals surface area (Å²) in [5.41, 5.74) is 26.3. The summed E-state index contributed by atoms with van der Waals surface area (Å²) in [6.07, 6.45) is 1.66. The summed E-state index contributed by atoms with van der Waals surface area (Å²) in [5.74, 6) is -2.16. The van der Waals surface area contributed by atoms with E-state index in [0.717, 1.165) is 95.2 Å². The second-order valence-corrected chi connectivity index (χ2v) is 25.0. The van der Waals surface area contributed by atoms with Crippen LogP contribution in [0.4, 0.5) is 39.0 Å². The van der Waals surface area contributed by atoms with Crippen molar-refractivity contribution in [1.29, 1.82) is 0 Å². The Morgan fingerprint density at radius 3 is 1.61 bits per heavy atom. The van der Waals surface area contributed by atoms with Crippen LogP contribution in [-0.4, -0.2) is 144 Å². The number of aliphatic hydroxyl groups excluding tert-OH is 2. The largest absolute Gasteiger partial charge is 0.490 e. The standard InChI is InChI=1S/C25H27F4N3O4.C23H27FN2O3.C23H28N4O4/c26-20-12-32(23(34)13-33)7-6-22(20)36-21-5-4-15(8-16(21)11-30)14-2-1-3-17(9-14)31-24(35)18-10-19(18)25(27,28)29;24-15-23(8-9-23)22(27)26-19-3-1-2-16(13-19)17-4-5-21(18(12-17)14-25)29-20-6-10-28-11-7-20;24-13-17-11-16(20-12-18(5-8-25-20)26-23(30)15-1-2-15)3-4-21(17)31-19-6-9-27(10-7-19)22(29)14-28/h1-5,8-9,18-20,22,33H,6-7,10-13,30H2,(H,31,35);1-5,12-13,20H,6-11,14-15,25H2,(H,26,27);3-5,8,11-12,15,19,28H,1-2,6-7,9-10,13-14,24H2,(H,25,26,30)/t18?,19?,20-,22+;;/m1../s1. The van der Waals surface area contributed by atoms with Crippen LogP contribution in [0.25, 0.3) is 33.5 Å². The highest BCUT2D eigenvalue weighted by Gasteiger charge is 2.59. The molecule has 4 atom stereocenters. The molecule has 1 aromatic heterocycles. The lowest BCUT2D eigenvalue weighted by Gasteiger charge is -2.34. The predicted octanol–water partition coefficient (Wildman–Crippen LogP) is 9.24. The summed E-state index contributed by atoms with van der Waals surface area (Å²) < 4.78 is 89.7. The first-order chi connectivity index (χ1) is 46.3. The number of hydrogen-bond donors (Lipinski definition) is 8. The van der Waals surface area contributed by atoms with Crippen molar-refractivity contribution in [3.8, 4) is 50.8 Å². The summed E-state index contributed by atoms with van der Waals surface area (Å²) in [5, 5.41) is 26.3. The van der Waals surface area contributed by atoms with E-state index in [1.165, 1.54) is 4.90 Å². The molecule has 5 aromatic carbocycles. The number of aliphatic hydroxyl groups is 2. The number of carbonyl (C=O) groups excluding carboxylic acids is 5. The summed E-state index contributed by atoms with van der Waals surface area (Å²) >= 11 is 0. The molecule has 11 N–H and O–H groups in total. The van der Waals surface area contributed by atoms with Gasteiger partial charge in [-0.1, -0.05) is 36.4 Å². The molecule has 512 valence electrons. The van der Waals surface area contributed by atoms with E-state index < -0.39 is 67.4 Å². The highest BCUT2D eigenvalue weighted by Crippen LogP contribution is 2.51. The van der Waals surface area contributed by atoms with Gasteiger partial charge in [0.2, 0.25) is 29.5 Å². The van der Waals surface area contributed by atoms with Crippen LogP contribution in [0.1, 0.15) is 80.9 Å². The molecular formula is C71H82F5N9O11. The molecule has 4 heterocycles. The molecule has 3 aliphatic heterocycles. The van der Waals surface area contributed by atoms with Gasteiger partial charge in [0.25, 0.3) is 0 Å². The minimum absolute atomic E-state index is 0.00187. The number of carbonyl (C=O) groups is 5. The number of piperidine rings is 2. The van der Waals surface area contributed by atoms with Crippen LogP contribution in [0, 0.1) is 23.2 Å². The van der Waals surface area contributed by atoms with Gasteiger partial charge in [-0.25, -0.2) is 8.78 Å². The van der Waals surface area contributed by atoms with Gasteiger partial charge in [0.05, 0.1) is 42.7 Å². The van der Waals surface area contributed by atoms with E-state index in [0.29, 0.717) is 80.1 Å². The lowest BCUT2D eigenvalue weighted by molar-refractivity contribution is -0.153. The van der Waals surface area contributed by atoms with E-state index in [1.54, 1.807) is 59.6 Å². The molecule has 2 unspecified atom stereocenters. The van der Waals surface area contributed by atoms with Crippen LogP contribution >= 0.6 is 0 Å². The highest BCUT2D eigenvalue weighted by molar-refractivity contribution is 5.98. The first-order valence-electron chi connectivity index (χ1n) is 32.5. The van der Waals surface area contributed by atoms with Gasteiger partial charge in [-0.05, 0) is 133 Å². The molecular weight excluding hydrogens is 1250 g/mol. The zero-order valence-corrected chi connectivity index (χ0v) is 53.2. The second-order valence-electron chi connectivity index (χ2n) is 25.0. The van der Waals surface area contributed by atoms with Gasteiger partial charge in [-0.15, -0.1) is 0 Å². The molecule has 12 rings (SSSR count). The first-order valence-corrected chi connectivity index (χ1v) is 32.5. The summed E-state index contributed by atoms with van der Waals surface area (Å²) in [7, 11) is 0. The monoisotopic (exact) mass is 1330 g/mol. The van der Waals surface area contributed by atoms with Gasteiger partial charge in [0.1, 0.15) is 55.4 Å². The SMILES string of the molecule is NCc1cc(-c2cc(NC(=O)C3CC3)ccn2)ccc1OC1CCN(C(=O)CO)CC1.NCc1cc(-c2cccc(NC(=O)C3(CF)CC3)c2)ccc1OC1CCOCC1.NCc1cc(-c2cccc(NC(=O)C3CC3C(F)(F)F)c2)ccc1O[C@H]1CCN(C(=O)CO)C[C@H]1F. The summed E-state index contributed by atoms with van der Waals surface area (Å²) in [4.78, 5) is 67.1. The van der Waals surface area contributed by atoms with Crippen LogP contribution in [0.5, 0.6) is 17.2 Å². The summed E-state index contributed by atoms with van der Waals surface area (Å²) in [6, 6.07) is 34.9. The molecule has 3 saturated heterocycles. The fourth-order valence-electron chi connectivity index (χ4n) is 11.8. The van der Waals surface area contributed by atoms with E-state index in [9.17, 15) is 45.9 Å². The minimum Gasteiger partial charge on any atom is -0.490 e. The van der Waals surface area contributed by atoms with Gasteiger partial charge in [-0.3, -0.25) is 29.0 Å². The number of nitrogens with one attached hydrogen (secondary N) is 3. The maximum atomic E-state index is 14.6. The zero-order valence-electron chi connectivity index (χ0n) is 53.2. The number of rotatable bonds is 21. The Balaban J connectivity index is 0.000000158. The van der Waals surface area contributed by atoms with E-state index in [4.69, 9.17) is 46.4 Å². The molecule has 0 radical (unpaired) electrons. The number of ether oxygens (including phenoxy) is 4. The van der Waals surface area contributed by atoms with Crippen molar-refractivity contribution in [2.45, 2.75) is 115 Å². The van der Waals surface area contributed by atoms with Crippen LogP contribution in [0.3, 0.4) is 0 Å². The van der Waals surface area contributed by atoms with Crippen molar-refractivity contribution < 1.29 is 75.1 Å². The quantitative estimate of drug-likeness (QED) is 0.0312. The van der Waals surface area contributed by atoms with E-state index in [2.05, 4.69) is 20.9 Å². The van der Waals surface area contributed by atoms with Crippen LogP contribution in [0.15, 0.2) is 121 Å². The maximum Gasteiger partial charge on any atom is 0.392 e. The Hall–Kier alpha value is -8.59. The Morgan fingerprint density at radius 1 is 0.594 bits per heavy atom. The molecule has 25 heteroatoms. The number of benzene rings is 5. The van der Waals surface area contributed by atoms with Crippen molar-refractivity contribution >= 4 is 46.6 Å². The van der Waals surface area contributed by atoms with E-state index in [-0.39, 0.29) is 68.3 Å². The molecule has 0 bridgehead atoms. The number of alkyl halides is 5. The average Bonchev–Trinajstić information content (AvgIpc) is 1.58. The molecule has 3 saturated carbocycles. The predicted molar refractivity (Wildman–Crippen MR) is 350 cm³/mol. The van der Waals surface area contributed by atoms with Crippen LogP contribution in [0.2, 0.25) is 0 Å². The van der Waals surface area contributed by atoms with Crippen molar-refractivity contribution in [3.63, 3.8) is 0 Å². The normalized spacial score (nSPS) is 19.9. The molecule has 20 nitrogen and oxygen atoms in total. The first kappa shape index (κ1) is 70.2. The smallest absolute Gasteiger partial charge is 0.392 e. The minimum atomic E-state index is -4.37. The van der Waals surface area contributed by atoms with Gasteiger partial charge in [0, 0.05) is 123 Å². The number of aromatic nitrogens is 1. The fourth-order valence-corrected chi connectivity index (χ4v) is 11.8. The third-order valence-corrected chi connectivity index (χ3v) is 18.1. The number of halogens is 5. The number of pyridine rings is 1. The zero-order chi connectivity index (χ0) is 68.1. The van der Waals surface area contributed by atoms with E-state index in [1.807, 2.05) is 66.7 Å². The van der Waals surface area contributed by atoms with Gasteiger partial charge in [0.15, 0.2) is 6.17 Å².